The van der Waals surface area contributed by atoms with E-state index in [2.05, 4.69) is 0 Å². The normalized spacial score (nSPS) is 50.2. The standard InChI is InChI=1S/C15H26O5/c1-10-11-7-5-3-4-6-8-15(2)17-9-12(18-14(10)16)13(11)19-20-15/h10-14,16H,3-9H2,1-2H3/t10-,11+,12?,13-,14?,15?/m1/s1. The van der Waals surface area contributed by atoms with Crippen molar-refractivity contribution in [2.75, 3.05) is 6.61 Å². The fourth-order valence-electron chi connectivity index (χ4n) is 3.59. The van der Waals surface area contributed by atoms with Crippen molar-refractivity contribution in [1.82, 2.24) is 0 Å². The minimum atomic E-state index is -0.735. The number of ether oxygens (including phenoxy) is 2. The second-order valence-electron chi connectivity index (χ2n) is 6.63. The summed E-state index contributed by atoms with van der Waals surface area (Å²) < 4.78 is 11.6. The van der Waals surface area contributed by atoms with Crippen LogP contribution >= 0.6 is 0 Å². The van der Waals surface area contributed by atoms with Gasteiger partial charge >= 0.3 is 0 Å². The third-order valence-electron chi connectivity index (χ3n) is 5.03. The zero-order valence-corrected chi connectivity index (χ0v) is 12.4. The average molecular weight is 286 g/mol. The van der Waals surface area contributed by atoms with Crippen molar-refractivity contribution in [2.45, 2.75) is 76.7 Å². The highest BCUT2D eigenvalue weighted by atomic mass is 17.2. The van der Waals surface area contributed by atoms with Gasteiger partial charge in [-0.25, -0.2) is 9.78 Å². The zero-order chi connectivity index (χ0) is 14.2. The van der Waals surface area contributed by atoms with Gasteiger partial charge in [0.2, 0.25) is 0 Å². The van der Waals surface area contributed by atoms with Gasteiger partial charge in [0.1, 0.15) is 12.2 Å². The number of aliphatic hydroxyl groups is 1. The first kappa shape index (κ1) is 14.7. The second kappa shape index (κ2) is 5.89. The van der Waals surface area contributed by atoms with Gasteiger partial charge in [0.05, 0.1) is 6.61 Å². The molecule has 3 fully saturated rings. The van der Waals surface area contributed by atoms with Gasteiger partial charge in [-0.15, -0.1) is 0 Å². The van der Waals surface area contributed by atoms with Gasteiger partial charge in [-0.1, -0.05) is 26.2 Å². The molecule has 3 aliphatic heterocycles. The topological polar surface area (TPSA) is 57.2 Å². The van der Waals surface area contributed by atoms with E-state index in [-0.39, 0.29) is 24.0 Å². The second-order valence-corrected chi connectivity index (χ2v) is 6.63. The van der Waals surface area contributed by atoms with E-state index < -0.39 is 12.1 Å². The van der Waals surface area contributed by atoms with Crippen molar-refractivity contribution < 1.29 is 24.4 Å². The molecule has 3 saturated heterocycles. The molecule has 0 saturated carbocycles. The molecule has 0 aromatic rings. The lowest BCUT2D eigenvalue weighted by Gasteiger charge is -2.42. The SMILES string of the molecule is C[C@H]1C(O)OC2COC3(C)CCCCCC[C@@H]1[C@H]2OO3. The largest absolute Gasteiger partial charge is 0.368 e. The van der Waals surface area contributed by atoms with Gasteiger partial charge in [0.15, 0.2) is 12.1 Å². The monoisotopic (exact) mass is 286 g/mol. The van der Waals surface area contributed by atoms with E-state index in [1.165, 1.54) is 19.3 Å². The summed E-state index contributed by atoms with van der Waals surface area (Å²) in [6.45, 7) is 4.37. The highest BCUT2D eigenvalue weighted by Crippen LogP contribution is 2.39. The van der Waals surface area contributed by atoms with E-state index in [1.54, 1.807) is 0 Å². The molecule has 0 radical (unpaired) electrons. The van der Waals surface area contributed by atoms with E-state index in [0.29, 0.717) is 6.61 Å². The predicted molar refractivity (Wildman–Crippen MR) is 71.6 cm³/mol. The molecule has 0 aliphatic carbocycles. The highest BCUT2D eigenvalue weighted by Gasteiger charge is 2.48. The summed E-state index contributed by atoms with van der Waals surface area (Å²) in [6, 6.07) is 0. The molecule has 3 unspecified atom stereocenters. The van der Waals surface area contributed by atoms with E-state index in [1.807, 2.05) is 13.8 Å². The maximum absolute atomic E-state index is 10.1. The maximum atomic E-state index is 10.1. The Balaban J connectivity index is 1.84. The maximum Gasteiger partial charge on any atom is 0.198 e. The Morgan fingerprint density at radius 1 is 1.15 bits per heavy atom. The average Bonchev–Trinajstić information content (AvgIpc) is 2.59. The Bertz CT molecular complexity index is 336. The molecule has 1 N–H and O–H groups in total. The lowest BCUT2D eigenvalue weighted by Crippen LogP contribution is -2.52. The number of hydrogen-bond acceptors (Lipinski definition) is 5. The van der Waals surface area contributed by atoms with Gasteiger partial charge in [0.25, 0.3) is 0 Å². The molecule has 5 heteroatoms. The van der Waals surface area contributed by atoms with Crippen LogP contribution in [0.5, 0.6) is 0 Å². The van der Waals surface area contributed by atoms with Crippen LogP contribution in [0.2, 0.25) is 0 Å². The molecule has 20 heavy (non-hydrogen) atoms. The van der Waals surface area contributed by atoms with Crippen molar-refractivity contribution in [3.8, 4) is 0 Å². The first-order valence-electron chi connectivity index (χ1n) is 7.91. The van der Waals surface area contributed by atoms with Crippen molar-refractivity contribution >= 4 is 0 Å². The summed E-state index contributed by atoms with van der Waals surface area (Å²) in [5, 5.41) is 10.1. The van der Waals surface area contributed by atoms with Crippen LogP contribution in [0.25, 0.3) is 0 Å². The van der Waals surface area contributed by atoms with Crippen LogP contribution < -0.4 is 0 Å². The summed E-state index contributed by atoms with van der Waals surface area (Å²) in [4.78, 5) is 11.3. The first-order chi connectivity index (χ1) is 9.59. The van der Waals surface area contributed by atoms with Crippen LogP contribution in [0.15, 0.2) is 0 Å². The van der Waals surface area contributed by atoms with Crippen LogP contribution in [-0.2, 0) is 19.2 Å². The first-order valence-corrected chi connectivity index (χ1v) is 7.91. The van der Waals surface area contributed by atoms with Gasteiger partial charge in [-0.3, -0.25) is 0 Å². The molecule has 0 amide bonds. The fourth-order valence-corrected chi connectivity index (χ4v) is 3.59. The molecule has 3 heterocycles. The highest BCUT2D eigenvalue weighted by molar-refractivity contribution is 4.89. The van der Waals surface area contributed by atoms with Gasteiger partial charge in [-0.05, 0) is 25.7 Å². The lowest BCUT2D eigenvalue weighted by molar-refractivity contribution is -0.438. The van der Waals surface area contributed by atoms with Crippen molar-refractivity contribution in [3.63, 3.8) is 0 Å². The zero-order valence-electron chi connectivity index (χ0n) is 12.4. The summed E-state index contributed by atoms with van der Waals surface area (Å²) in [6.07, 6.45) is 5.41. The van der Waals surface area contributed by atoms with E-state index in [4.69, 9.17) is 19.2 Å². The molecule has 116 valence electrons. The van der Waals surface area contributed by atoms with Gasteiger partial charge < -0.3 is 14.6 Å². The summed E-state index contributed by atoms with van der Waals surface area (Å²) in [5.74, 6) is -0.373. The molecule has 0 spiro atoms. The van der Waals surface area contributed by atoms with Gasteiger partial charge in [0, 0.05) is 12.3 Å². The van der Waals surface area contributed by atoms with Crippen molar-refractivity contribution in [2.24, 2.45) is 11.8 Å². The Kier molecular flexibility index (Phi) is 4.34. The molecule has 6 atom stereocenters. The molecular weight excluding hydrogens is 260 g/mol. The van der Waals surface area contributed by atoms with Crippen LogP contribution in [-0.4, -0.2) is 36.0 Å². The van der Waals surface area contributed by atoms with Crippen LogP contribution in [0.3, 0.4) is 0 Å². The van der Waals surface area contributed by atoms with E-state index in [9.17, 15) is 5.11 Å². The van der Waals surface area contributed by atoms with Gasteiger partial charge in [-0.2, -0.15) is 0 Å². The number of fused-ring (bicyclic) bond motifs is 2. The quantitative estimate of drug-likeness (QED) is 0.693. The van der Waals surface area contributed by atoms with E-state index in [0.717, 1.165) is 19.3 Å². The molecule has 5 nitrogen and oxygen atoms in total. The Morgan fingerprint density at radius 3 is 2.80 bits per heavy atom. The van der Waals surface area contributed by atoms with Crippen LogP contribution in [0, 0.1) is 11.8 Å². The van der Waals surface area contributed by atoms with Crippen molar-refractivity contribution in [1.29, 1.82) is 0 Å². The number of aliphatic hydroxyl groups excluding tert-OH is 1. The molecule has 2 bridgehead atoms. The minimum absolute atomic E-state index is 0.0601. The van der Waals surface area contributed by atoms with E-state index >= 15 is 0 Å². The Morgan fingerprint density at radius 2 is 1.95 bits per heavy atom. The molecule has 3 aliphatic rings. The molecule has 3 rings (SSSR count). The van der Waals surface area contributed by atoms with Crippen LogP contribution in [0.1, 0.15) is 52.4 Å². The molecule has 0 aromatic carbocycles. The van der Waals surface area contributed by atoms with Crippen molar-refractivity contribution in [3.05, 3.63) is 0 Å². The molecular formula is C15H26O5. The fraction of sp³-hybridized carbons (Fsp3) is 1.00. The molecule has 0 aromatic heterocycles. The minimum Gasteiger partial charge on any atom is -0.368 e. The third-order valence-corrected chi connectivity index (χ3v) is 5.03. The van der Waals surface area contributed by atoms with Crippen LogP contribution in [0.4, 0.5) is 0 Å². The Labute approximate surface area is 120 Å². The number of rotatable bonds is 0. The summed E-state index contributed by atoms with van der Waals surface area (Å²) in [7, 11) is 0. The summed E-state index contributed by atoms with van der Waals surface area (Å²) >= 11 is 0. The Hall–Kier alpha value is -0.200. The number of hydrogen-bond donors (Lipinski definition) is 1. The summed E-state index contributed by atoms with van der Waals surface area (Å²) in [5.41, 5.74) is 0. The predicted octanol–water partition coefficient (Wildman–Crippen LogP) is 2.37. The smallest absolute Gasteiger partial charge is 0.198 e. The third kappa shape index (κ3) is 2.88. The lowest BCUT2D eigenvalue weighted by atomic mass is 9.79.